The van der Waals surface area contributed by atoms with Gasteiger partial charge in [-0.2, -0.15) is 0 Å². The van der Waals surface area contributed by atoms with Crippen molar-refractivity contribution in [3.8, 4) is 5.75 Å². The van der Waals surface area contributed by atoms with Gasteiger partial charge >= 0.3 is 23.8 Å². The third-order valence-electron chi connectivity index (χ3n) is 11.5. The van der Waals surface area contributed by atoms with Crippen LogP contribution in [0.1, 0.15) is 88.5 Å². The van der Waals surface area contributed by atoms with E-state index in [-0.39, 0.29) is 17.9 Å². The number of thiazole rings is 1. The van der Waals surface area contributed by atoms with E-state index in [9.17, 15) is 54.8 Å². The molecule has 1 aromatic heterocycles. The van der Waals surface area contributed by atoms with E-state index in [1.54, 1.807) is 0 Å². The van der Waals surface area contributed by atoms with Crippen LogP contribution in [0.4, 0.5) is 10.5 Å². The summed E-state index contributed by atoms with van der Waals surface area (Å²) in [6.45, 7) is 11.9. The molecular formula is C44H54N2O16S. The van der Waals surface area contributed by atoms with Crippen LogP contribution in [0.15, 0.2) is 60.7 Å². The normalized spacial score (nSPS) is 28.6. The van der Waals surface area contributed by atoms with Gasteiger partial charge in [0, 0.05) is 18.4 Å². The molecule has 0 bridgehead atoms. The van der Waals surface area contributed by atoms with Gasteiger partial charge in [-0.3, -0.25) is 19.7 Å². The van der Waals surface area contributed by atoms with Gasteiger partial charge in [-0.1, -0.05) is 36.8 Å². The minimum absolute atomic E-state index is 0.0318. The Kier molecular flexibility index (Phi) is 16.2. The van der Waals surface area contributed by atoms with Crippen molar-refractivity contribution in [2.24, 2.45) is 17.3 Å². The fourth-order valence-corrected chi connectivity index (χ4v) is 8.48. The number of ketones is 1. The number of aromatic nitrogens is 1. The highest BCUT2D eigenvalue weighted by Crippen LogP contribution is 2.38. The first kappa shape index (κ1) is 48.7. The van der Waals surface area contributed by atoms with Crippen molar-refractivity contribution in [1.82, 2.24) is 4.98 Å². The molecule has 2 aromatic carbocycles. The minimum Gasteiger partial charge on any atom is -0.479 e. The summed E-state index contributed by atoms with van der Waals surface area (Å²) in [6, 6.07) is 8.89. The van der Waals surface area contributed by atoms with Crippen LogP contribution in [-0.4, -0.2) is 102 Å². The molecule has 2 aliphatic rings. The average Bonchev–Trinajstić information content (AvgIpc) is 3.61. The number of hydrogen-bond donors (Lipinski definition) is 5. The number of nitrogens with zero attached hydrogens (tertiary/aromatic N) is 2. The number of hydrogen-bond acceptors (Lipinski definition) is 17. The Labute approximate surface area is 367 Å². The van der Waals surface area contributed by atoms with Gasteiger partial charge in [0.05, 0.1) is 38.1 Å². The molecule has 18 nitrogen and oxygen atoms in total. The fraction of sp³-hybridized carbons (Fsp3) is 0.523. The molecule has 0 radical (unpaired) electrons. The van der Waals surface area contributed by atoms with Crippen molar-refractivity contribution < 1.29 is 73.3 Å². The summed E-state index contributed by atoms with van der Waals surface area (Å²) in [5, 5.41) is 64.3. The number of aliphatic hydroxyl groups is 4. The zero-order valence-corrected chi connectivity index (χ0v) is 36.4. The maximum absolute atomic E-state index is 14.5. The van der Waals surface area contributed by atoms with Gasteiger partial charge in [-0.05, 0) is 88.6 Å². The van der Waals surface area contributed by atoms with Crippen LogP contribution in [0, 0.1) is 34.3 Å². The topological polar surface area (TPSA) is 272 Å². The number of allylic oxidation sites excluding steroid dienone is 2. The molecule has 0 aliphatic carbocycles. The Hall–Kier alpha value is -5.31. The molecule has 1 fully saturated rings. The molecule has 0 amide bonds. The second-order valence-corrected chi connectivity index (χ2v) is 17.8. The SMILES string of the molecule is C=CC[C@H]1C(=O)C(C)(C)[C@@H](OC(=O)OCc2ccc(O[C@@H]3O[C@H](C(=O)O)[C@@H](O)[C@H](O)[C@H]3O)c([N+](=O)[O-])c2)CC(=O)O[C@H](c2ccc3sc(C)nc3c2)CC=C(C)CCC[C@H](C)[C@@H]1O. The summed E-state index contributed by atoms with van der Waals surface area (Å²) in [6.07, 6.45) is -9.31. The van der Waals surface area contributed by atoms with E-state index in [0.29, 0.717) is 18.4 Å². The van der Waals surface area contributed by atoms with E-state index in [1.807, 2.05) is 45.0 Å². The number of carboxylic acid groups (broad SMARTS) is 1. The molecule has 0 unspecified atom stereocenters. The van der Waals surface area contributed by atoms with Gasteiger partial charge in [0.25, 0.3) is 0 Å². The average molecular weight is 899 g/mol. The predicted molar refractivity (Wildman–Crippen MR) is 225 cm³/mol. The maximum Gasteiger partial charge on any atom is 0.508 e. The number of esters is 1. The Bertz CT molecular complexity index is 2200. The molecule has 2 aliphatic heterocycles. The number of carbonyl (C=O) groups is 4. The van der Waals surface area contributed by atoms with Crippen LogP contribution in [0.25, 0.3) is 10.2 Å². The van der Waals surface area contributed by atoms with Crippen LogP contribution in [0.2, 0.25) is 0 Å². The number of aliphatic hydroxyl groups excluding tert-OH is 4. The number of benzene rings is 2. The highest BCUT2D eigenvalue weighted by Gasteiger charge is 2.49. The molecule has 19 heteroatoms. The highest BCUT2D eigenvalue weighted by atomic mass is 32.1. The first-order valence-electron chi connectivity index (χ1n) is 20.5. The number of aryl methyl sites for hydroxylation is 1. The molecule has 0 saturated carbocycles. The first-order valence-corrected chi connectivity index (χ1v) is 21.3. The molecule has 0 spiro atoms. The number of carbonyl (C=O) groups excluding carboxylic acids is 3. The second-order valence-electron chi connectivity index (χ2n) is 16.6. The van der Waals surface area contributed by atoms with Crippen LogP contribution >= 0.6 is 11.3 Å². The Morgan fingerprint density at radius 1 is 1.06 bits per heavy atom. The van der Waals surface area contributed by atoms with Crippen LogP contribution in [0.5, 0.6) is 5.75 Å². The lowest BCUT2D eigenvalue weighted by atomic mass is 9.71. The van der Waals surface area contributed by atoms with E-state index in [1.165, 1.54) is 37.3 Å². The number of carboxylic acids is 1. The number of aliphatic carboxylic acids is 1. The van der Waals surface area contributed by atoms with E-state index >= 15 is 0 Å². The van der Waals surface area contributed by atoms with Crippen LogP contribution in [0.3, 0.4) is 0 Å². The molecule has 342 valence electrons. The molecule has 10 atom stereocenters. The summed E-state index contributed by atoms with van der Waals surface area (Å²) < 4.78 is 28.6. The summed E-state index contributed by atoms with van der Waals surface area (Å²) in [5.41, 5.74) is 0.177. The third-order valence-corrected chi connectivity index (χ3v) is 12.4. The van der Waals surface area contributed by atoms with E-state index < -0.39 is 114 Å². The molecular weight excluding hydrogens is 845 g/mol. The first-order chi connectivity index (χ1) is 29.7. The predicted octanol–water partition coefficient (Wildman–Crippen LogP) is 5.79. The van der Waals surface area contributed by atoms with Gasteiger partial charge < -0.3 is 49.2 Å². The number of fused-ring (bicyclic) bond motifs is 1. The van der Waals surface area contributed by atoms with Crippen molar-refractivity contribution in [3.63, 3.8) is 0 Å². The number of ether oxygens (including phenoxy) is 5. The van der Waals surface area contributed by atoms with E-state index in [2.05, 4.69) is 11.6 Å². The maximum atomic E-state index is 14.5. The monoisotopic (exact) mass is 898 g/mol. The lowest BCUT2D eigenvalue weighted by molar-refractivity contribution is -0.387. The van der Waals surface area contributed by atoms with E-state index in [4.69, 9.17) is 23.7 Å². The standard InChI is InChI=1S/C44H54N2O16S/c1-7-9-27-35(48)23(3)11-8-10-22(2)12-15-30(26-14-17-32-28(19-26)45-24(4)63-32)59-34(47)20-33(44(5,6)40(27)52)61-43(55)58-21-25-13-16-31(29(18-25)46(56)57)60-42-38(51)36(49)37(50)39(62-42)41(53)54/h7,12-14,16-19,23,27,30,33,35-39,42,48-51H,1,8-11,15,20-21H2,2-6H3,(H,53,54)/t23-,27+,30-,33-,35-,36-,37-,38+,39-,42+/m0/s1. The molecule has 5 N–H and O–H groups in total. The quantitative estimate of drug-likeness (QED) is 0.0698. The highest BCUT2D eigenvalue weighted by molar-refractivity contribution is 7.18. The Morgan fingerprint density at radius 3 is 2.48 bits per heavy atom. The molecule has 3 aromatic rings. The number of Topliss-reactive ketones (excluding diaryl/α,β-unsaturated/α-hetero) is 1. The fourth-order valence-electron chi connectivity index (χ4n) is 7.67. The largest absolute Gasteiger partial charge is 0.508 e. The number of cyclic esters (lactones) is 1. The van der Waals surface area contributed by atoms with Gasteiger partial charge in [-0.25, -0.2) is 14.6 Å². The van der Waals surface area contributed by atoms with Crippen molar-refractivity contribution in [1.29, 1.82) is 0 Å². The van der Waals surface area contributed by atoms with Crippen molar-refractivity contribution in [2.75, 3.05) is 0 Å². The Morgan fingerprint density at radius 2 is 1.79 bits per heavy atom. The molecule has 3 heterocycles. The van der Waals surface area contributed by atoms with Crippen LogP contribution < -0.4 is 4.74 Å². The van der Waals surface area contributed by atoms with Gasteiger partial charge in [0.2, 0.25) is 6.29 Å². The van der Waals surface area contributed by atoms with Crippen molar-refractivity contribution in [2.45, 2.75) is 129 Å². The third kappa shape index (κ3) is 11.8. The summed E-state index contributed by atoms with van der Waals surface area (Å²) in [5.74, 6) is -4.77. The van der Waals surface area contributed by atoms with Crippen molar-refractivity contribution >= 4 is 51.1 Å². The minimum atomic E-state index is -2.03. The van der Waals surface area contributed by atoms with E-state index in [0.717, 1.165) is 45.8 Å². The number of nitro groups is 1. The summed E-state index contributed by atoms with van der Waals surface area (Å²) in [7, 11) is 0. The second kappa shape index (κ2) is 20.9. The number of rotatable bonds is 10. The van der Waals surface area contributed by atoms with Crippen molar-refractivity contribution in [3.05, 3.63) is 87.0 Å². The van der Waals surface area contributed by atoms with Gasteiger partial charge in [-0.15, -0.1) is 17.9 Å². The van der Waals surface area contributed by atoms with Gasteiger partial charge in [0.15, 0.2) is 11.9 Å². The molecule has 63 heavy (non-hydrogen) atoms. The Balaban J connectivity index is 1.40. The summed E-state index contributed by atoms with van der Waals surface area (Å²) >= 11 is 1.53. The zero-order chi connectivity index (χ0) is 46.3. The molecule has 1 saturated heterocycles. The lowest BCUT2D eigenvalue weighted by Crippen LogP contribution is -2.61. The zero-order valence-electron chi connectivity index (χ0n) is 35.6. The van der Waals surface area contributed by atoms with Gasteiger partial charge in [0.1, 0.15) is 42.9 Å². The van der Waals surface area contributed by atoms with Crippen LogP contribution in [-0.2, 0) is 39.9 Å². The molecule has 5 rings (SSSR count). The summed E-state index contributed by atoms with van der Waals surface area (Å²) in [4.78, 5) is 69.2. The smallest absolute Gasteiger partial charge is 0.479 e. The lowest BCUT2D eigenvalue weighted by Gasteiger charge is -2.38. The number of nitro benzene ring substituents is 1.